The van der Waals surface area contributed by atoms with Crippen LogP contribution in [0.3, 0.4) is 0 Å². The van der Waals surface area contributed by atoms with Crippen molar-refractivity contribution in [2.45, 2.75) is 45.2 Å². The van der Waals surface area contributed by atoms with Gasteiger partial charge in [0.05, 0.1) is 25.3 Å². The van der Waals surface area contributed by atoms with Gasteiger partial charge in [-0.25, -0.2) is 9.97 Å². The van der Waals surface area contributed by atoms with Gasteiger partial charge in [-0.05, 0) is 18.9 Å². The van der Waals surface area contributed by atoms with E-state index in [0.717, 1.165) is 48.4 Å². The molecule has 2 aliphatic rings. The zero-order valence-electron chi connectivity index (χ0n) is 16.9. The van der Waals surface area contributed by atoms with Crippen LogP contribution in [-0.4, -0.2) is 51.8 Å². The Labute approximate surface area is 170 Å². The highest BCUT2D eigenvalue weighted by atomic mass is 16.5. The number of amides is 2. The van der Waals surface area contributed by atoms with Crippen LogP contribution in [0, 0.1) is 0 Å². The first-order valence-corrected chi connectivity index (χ1v) is 10.1. The quantitative estimate of drug-likeness (QED) is 0.795. The number of aromatic nitrogens is 2. The van der Waals surface area contributed by atoms with Crippen LogP contribution in [0.15, 0.2) is 30.5 Å². The van der Waals surface area contributed by atoms with Crippen LogP contribution in [0.25, 0.3) is 0 Å². The third-order valence-electron chi connectivity index (χ3n) is 5.80. The number of rotatable bonds is 4. The second-order valence-corrected chi connectivity index (χ2v) is 7.62. The van der Waals surface area contributed by atoms with Crippen molar-refractivity contribution in [3.63, 3.8) is 0 Å². The molecule has 2 amide bonds. The molecule has 7 nitrogen and oxygen atoms in total. The molecule has 1 fully saturated rings. The first kappa shape index (κ1) is 19.4. The Balaban J connectivity index is 1.51. The first-order chi connectivity index (χ1) is 14.1. The van der Waals surface area contributed by atoms with Gasteiger partial charge < -0.3 is 14.5 Å². The van der Waals surface area contributed by atoms with Crippen molar-refractivity contribution in [1.29, 1.82) is 0 Å². The number of benzene rings is 1. The summed E-state index contributed by atoms with van der Waals surface area (Å²) in [5.41, 5.74) is 2.89. The lowest BCUT2D eigenvalue weighted by molar-refractivity contribution is -0.132. The third-order valence-corrected chi connectivity index (χ3v) is 5.80. The Morgan fingerprint density at radius 3 is 2.86 bits per heavy atom. The van der Waals surface area contributed by atoms with Gasteiger partial charge in [0.25, 0.3) is 0 Å². The summed E-state index contributed by atoms with van der Waals surface area (Å²) in [6, 6.07) is 7.54. The summed E-state index contributed by atoms with van der Waals surface area (Å²) in [6.07, 6.45) is 4.68. The fourth-order valence-corrected chi connectivity index (χ4v) is 4.21. The van der Waals surface area contributed by atoms with Crippen LogP contribution in [0.5, 0.6) is 5.75 Å². The van der Waals surface area contributed by atoms with Gasteiger partial charge in [0.15, 0.2) is 5.82 Å². The summed E-state index contributed by atoms with van der Waals surface area (Å²) in [4.78, 5) is 37.8. The van der Waals surface area contributed by atoms with Crippen molar-refractivity contribution in [2.75, 3.05) is 20.2 Å². The number of carbonyl (C=O) groups is 2. The van der Waals surface area contributed by atoms with E-state index in [1.807, 2.05) is 40.3 Å². The van der Waals surface area contributed by atoms with Crippen LogP contribution in [0.4, 0.5) is 0 Å². The summed E-state index contributed by atoms with van der Waals surface area (Å²) < 4.78 is 5.38. The molecule has 3 heterocycles. The summed E-state index contributed by atoms with van der Waals surface area (Å²) >= 11 is 0. The van der Waals surface area contributed by atoms with Gasteiger partial charge in [-0.15, -0.1) is 0 Å². The van der Waals surface area contributed by atoms with E-state index >= 15 is 0 Å². The molecule has 1 aromatic carbocycles. The van der Waals surface area contributed by atoms with Crippen LogP contribution in [0.1, 0.15) is 48.5 Å². The van der Waals surface area contributed by atoms with E-state index in [9.17, 15) is 9.59 Å². The molecular formula is C22H26N4O3. The van der Waals surface area contributed by atoms with Gasteiger partial charge in [-0.1, -0.05) is 18.2 Å². The average molecular weight is 394 g/mol. The van der Waals surface area contributed by atoms with Gasteiger partial charge in [0.1, 0.15) is 5.75 Å². The maximum atomic E-state index is 13.0. The maximum Gasteiger partial charge on any atom is 0.227 e. The highest BCUT2D eigenvalue weighted by molar-refractivity contribution is 5.80. The summed E-state index contributed by atoms with van der Waals surface area (Å²) in [7, 11) is 1.62. The fraction of sp³-hybridized carbons (Fsp3) is 0.455. The number of likely N-dealkylation sites (tertiary alicyclic amines) is 1. The standard InChI is InChI=1S/C22H26N4O3/c1-15(27)25-11-9-18-17(14-25)13-23-22(24-18)19-7-5-10-26(19)21(28)12-16-6-3-4-8-20(16)29-2/h3-4,6,8,13,19H,5,7,9-12,14H2,1-2H3/t19-/m0/s1. The SMILES string of the molecule is COc1ccccc1CC(=O)N1CCC[C@H]1c1ncc2c(n1)CCN(C(C)=O)C2. The largest absolute Gasteiger partial charge is 0.496 e. The number of hydrogen-bond acceptors (Lipinski definition) is 5. The van der Waals surface area contributed by atoms with Gasteiger partial charge in [0.2, 0.25) is 11.8 Å². The number of hydrogen-bond donors (Lipinski definition) is 0. The van der Waals surface area contributed by atoms with Crippen molar-refractivity contribution in [3.05, 3.63) is 53.1 Å². The number of ether oxygens (including phenoxy) is 1. The molecule has 0 saturated carbocycles. The van der Waals surface area contributed by atoms with E-state index in [4.69, 9.17) is 9.72 Å². The van der Waals surface area contributed by atoms with Gasteiger partial charge >= 0.3 is 0 Å². The lowest BCUT2D eigenvalue weighted by Crippen LogP contribution is -2.36. The minimum absolute atomic E-state index is 0.0704. The summed E-state index contributed by atoms with van der Waals surface area (Å²) in [6.45, 7) is 3.55. The molecule has 4 rings (SSSR count). The molecule has 0 unspecified atom stereocenters. The monoisotopic (exact) mass is 394 g/mol. The van der Waals surface area contributed by atoms with Crippen LogP contribution < -0.4 is 4.74 Å². The molecule has 7 heteroatoms. The van der Waals surface area contributed by atoms with E-state index in [-0.39, 0.29) is 17.9 Å². The first-order valence-electron chi connectivity index (χ1n) is 10.1. The van der Waals surface area contributed by atoms with Crippen molar-refractivity contribution in [3.8, 4) is 5.75 Å². The van der Waals surface area contributed by atoms with Crippen molar-refractivity contribution in [1.82, 2.24) is 19.8 Å². The van der Waals surface area contributed by atoms with E-state index in [1.165, 1.54) is 0 Å². The number of carbonyl (C=O) groups excluding carboxylic acids is 2. The Hall–Kier alpha value is -2.96. The highest BCUT2D eigenvalue weighted by Crippen LogP contribution is 2.32. The molecule has 152 valence electrons. The van der Waals surface area contributed by atoms with E-state index < -0.39 is 0 Å². The molecule has 29 heavy (non-hydrogen) atoms. The summed E-state index contributed by atoms with van der Waals surface area (Å²) in [5.74, 6) is 1.59. The second-order valence-electron chi connectivity index (χ2n) is 7.62. The molecule has 2 aromatic rings. The van der Waals surface area contributed by atoms with Gasteiger partial charge in [0, 0.05) is 50.3 Å². The van der Waals surface area contributed by atoms with E-state index in [2.05, 4.69) is 4.98 Å². The average Bonchev–Trinajstić information content (AvgIpc) is 3.23. The van der Waals surface area contributed by atoms with Crippen molar-refractivity contribution in [2.24, 2.45) is 0 Å². The molecule has 2 aliphatic heterocycles. The van der Waals surface area contributed by atoms with Crippen molar-refractivity contribution >= 4 is 11.8 Å². The minimum Gasteiger partial charge on any atom is -0.496 e. The zero-order chi connectivity index (χ0) is 20.4. The van der Waals surface area contributed by atoms with Crippen LogP contribution in [-0.2, 0) is 29.0 Å². The van der Waals surface area contributed by atoms with Gasteiger partial charge in [-0.3, -0.25) is 9.59 Å². The molecule has 1 saturated heterocycles. The normalized spacial score (nSPS) is 18.5. The lowest BCUT2D eigenvalue weighted by atomic mass is 10.1. The smallest absolute Gasteiger partial charge is 0.227 e. The minimum atomic E-state index is -0.0895. The zero-order valence-corrected chi connectivity index (χ0v) is 16.9. The molecule has 0 spiro atoms. The Kier molecular flexibility index (Phi) is 5.47. The van der Waals surface area contributed by atoms with Crippen LogP contribution >= 0.6 is 0 Å². The predicted molar refractivity (Wildman–Crippen MR) is 107 cm³/mol. The van der Waals surface area contributed by atoms with Crippen LogP contribution in [0.2, 0.25) is 0 Å². The highest BCUT2D eigenvalue weighted by Gasteiger charge is 2.33. The van der Waals surface area contributed by atoms with Gasteiger partial charge in [-0.2, -0.15) is 0 Å². The maximum absolute atomic E-state index is 13.0. The molecule has 1 aromatic heterocycles. The molecule has 1 atom stereocenters. The molecule has 0 bridgehead atoms. The second kappa shape index (κ2) is 8.19. The Bertz CT molecular complexity index is 930. The number of nitrogens with zero attached hydrogens (tertiary/aromatic N) is 4. The Morgan fingerprint density at radius 2 is 2.07 bits per heavy atom. The van der Waals surface area contributed by atoms with E-state index in [0.29, 0.717) is 25.3 Å². The third kappa shape index (κ3) is 3.95. The molecular weight excluding hydrogens is 368 g/mol. The Morgan fingerprint density at radius 1 is 1.24 bits per heavy atom. The number of fused-ring (bicyclic) bond motifs is 1. The summed E-state index contributed by atoms with van der Waals surface area (Å²) in [5, 5.41) is 0. The van der Waals surface area contributed by atoms with Crippen molar-refractivity contribution < 1.29 is 14.3 Å². The topological polar surface area (TPSA) is 75.6 Å². The molecule has 0 radical (unpaired) electrons. The lowest BCUT2D eigenvalue weighted by Gasteiger charge is -2.29. The fourth-order valence-electron chi connectivity index (χ4n) is 4.21. The van der Waals surface area contributed by atoms with E-state index in [1.54, 1.807) is 14.0 Å². The number of methoxy groups -OCH3 is 1. The molecule has 0 N–H and O–H groups in total. The number of para-hydroxylation sites is 1. The molecule has 0 aliphatic carbocycles. The predicted octanol–water partition coefficient (Wildman–Crippen LogP) is 2.30.